The average molecular weight is 266 g/mol. The summed E-state index contributed by atoms with van der Waals surface area (Å²) >= 11 is 0. The lowest BCUT2D eigenvalue weighted by Crippen LogP contribution is -2.04. The molecule has 0 aliphatic carbocycles. The Kier molecular flexibility index (Phi) is 2.12. The maximum atomic E-state index is 12.7. The maximum Gasteiger partial charge on any atom is 0.250 e. The van der Waals surface area contributed by atoms with E-state index in [9.17, 15) is 4.79 Å². The Morgan fingerprint density at radius 1 is 1.25 bits per heavy atom. The quantitative estimate of drug-likeness (QED) is 0.531. The van der Waals surface area contributed by atoms with Crippen molar-refractivity contribution < 1.29 is 9.15 Å². The van der Waals surface area contributed by atoms with E-state index >= 15 is 0 Å². The first kappa shape index (κ1) is 11.0. The fourth-order valence-corrected chi connectivity index (χ4v) is 2.39. The Hall–Kier alpha value is -2.82. The topological polar surface area (TPSA) is 56.7 Å². The van der Waals surface area contributed by atoms with E-state index in [0.29, 0.717) is 33.6 Å². The van der Waals surface area contributed by atoms with Crippen molar-refractivity contribution >= 4 is 27.8 Å². The van der Waals surface area contributed by atoms with Crippen molar-refractivity contribution in [2.45, 2.75) is 0 Å². The Bertz CT molecular complexity index is 1010. The molecule has 4 rings (SSSR count). The van der Waals surface area contributed by atoms with Crippen molar-refractivity contribution in [1.82, 2.24) is 9.38 Å². The molecule has 0 unspecified atom stereocenters. The minimum Gasteiger partial charge on any atom is -0.497 e. The Morgan fingerprint density at radius 2 is 2.15 bits per heavy atom. The van der Waals surface area contributed by atoms with Gasteiger partial charge in [0.1, 0.15) is 17.0 Å². The van der Waals surface area contributed by atoms with Gasteiger partial charge in [0.25, 0.3) is 0 Å². The number of benzene rings is 1. The molecule has 3 aromatic heterocycles. The van der Waals surface area contributed by atoms with Gasteiger partial charge in [0.15, 0.2) is 5.52 Å². The molecule has 0 bridgehead atoms. The molecule has 0 radical (unpaired) electrons. The summed E-state index contributed by atoms with van der Waals surface area (Å²) in [5.41, 5.74) is 1.87. The lowest BCUT2D eigenvalue weighted by atomic mass is 10.2. The van der Waals surface area contributed by atoms with Crippen LogP contribution < -0.4 is 10.2 Å². The minimum atomic E-state index is -0.112. The third kappa shape index (κ3) is 1.37. The maximum absolute atomic E-state index is 12.7. The molecule has 0 aliphatic heterocycles. The van der Waals surface area contributed by atoms with Crippen molar-refractivity contribution in [2.75, 3.05) is 7.11 Å². The number of aromatic nitrogens is 2. The predicted molar refractivity (Wildman–Crippen MR) is 75.3 cm³/mol. The number of pyridine rings is 1. The molecule has 98 valence electrons. The molecular weight excluding hydrogens is 256 g/mol. The third-order valence-corrected chi connectivity index (χ3v) is 3.35. The van der Waals surface area contributed by atoms with Crippen LogP contribution in [-0.2, 0) is 0 Å². The van der Waals surface area contributed by atoms with Crippen LogP contribution in [-0.4, -0.2) is 16.5 Å². The zero-order valence-electron chi connectivity index (χ0n) is 10.7. The van der Waals surface area contributed by atoms with Crippen molar-refractivity contribution in [3.63, 3.8) is 0 Å². The lowest BCUT2D eigenvalue weighted by Gasteiger charge is -2.01. The summed E-state index contributed by atoms with van der Waals surface area (Å²) in [6.07, 6.45) is 1.80. The molecular formula is C15H10N2O3. The standard InChI is InChI=1S/C15H10N2O3/c1-19-9-5-6-11-10(8-9)14(18)13-15(20-11)16-12-4-2-3-7-17(12)13/h2-8H,1H3. The molecule has 20 heavy (non-hydrogen) atoms. The largest absolute Gasteiger partial charge is 0.497 e. The number of hydrogen-bond donors (Lipinski definition) is 0. The van der Waals surface area contributed by atoms with E-state index in [0.717, 1.165) is 0 Å². The van der Waals surface area contributed by atoms with Crippen molar-refractivity contribution in [2.24, 2.45) is 0 Å². The number of nitrogens with zero attached hydrogens (tertiary/aromatic N) is 2. The van der Waals surface area contributed by atoms with Gasteiger partial charge in [0, 0.05) is 6.20 Å². The van der Waals surface area contributed by atoms with E-state index in [1.54, 1.807) is 35.9 Å². The van der Waals surface area contributed by atoms with Crippen molar-refractivity contribution in [3.8, 4) is 5.75 Å². The third-order valence-electron chi connectivity index (χ3n) is 3.35. The molecule has 0 fully saturated rings. The second kappa shape index (κ2) is 3.84. The minimum absolute atomic E-state index is 0.112. The van der Waals surface area contributed by atoms with E-state index in [4.69, 9.17) is 9.15 Å². The summed E-state index contributed by atoms with van der Waals surface area (Å²) in [4.78, 5) is 17.0. The Morgan fingerprint density at radius 3 is 3.00 bits per heavy atom. The van der Waals surface area contributed by atoms with Crippen molar-refractivity contribution in [3.05, 3.63) is 52.8 Å². The van der Waals surface area contributed by atoms with Crippen LogP contribution in [0.1, 0.15) is 0 Å². The smallest absolute Gasteiger partial charge is 0.250 e. The highest BCUT2D eigenvalue weighted by atomic mass is 16.5. The van der Waals surface area contributed by atoms with Crippen LogP contribution in [0.5, 0.6) is 5.75 Å². The van der Waals surface area contributed by atoms with E-state index in [-0.39, 0.29) is 5.43 Å². The number of imidazole rings is 1. The molecule has 0 atom stereocenters. The van der Waals surface area contributed by atoms with Crippen LogP contribution in [0.15, 0.2) is 51.8 Å². The summed E-state index contributed by atoms with van der Waals surface area (Å²) in [6, 6.07) is 10.7. The first-order valence-electron chi connectivity index (χ1n) is 6.15. The van der Waals surface area contributed by atoms with E-state index < -0.39 is 0 Å². The van der Waals surface area contributed by atoms with Crippen LogP contribution >= 0.6 is 0 Å². The average Bonchev–Trinajstić information content (AvgIpc) is 2.85. The highest BCUT2D eigenvalue weighted by Gasteiger charge is 2.14. The van der Waals surface area contributed by atoms with Crippen LogP contribution in [0.25, 0.3) is 27.8 Å². The van der Waals surface area contributed by atoms with Crippen LogP contribution in [0.4, 0.5) is 0 Å². The lowest BCUT2D eigenvalue weighted by molar-refractivity contribution is 0.415. The first-order chi connectivity index (χ1) is 9.78. The number of ether oxygens (including phenoxy) is 1. The van der Waals surface area contributed by atoms with Crippen LogP contribution in [0.2, 0.25) is 0 Å². The SMILES string of the molecule is COc1ccc2oc3nc4ccccn4c3c(=O)c2c1. The van der Waals surface area contributed by atoms with Crippen LogP contribution in [0.3, 0.4) is 0 Å². The van der Waals surface area contributed by atoms with Crippen LogP contribution in [0, 0.1) is 0 Å². The van der Waals surface area contributed by atoms with E-state index in [1.807, 2.05) is 18.2 Å². The molecule has 0 spiro atoms. The van der Waals surface area contributed by atoms with Gasteiger partial charge in [-0.05, 0) is 30.3 Å². The zero-order valence-corrected chi connectivity index (χ0v) is 10.7. The van der Waals surface area contributed by atoms with Gasteiger partial charge >= 0.3 is 0 Å². The van der Waals surface area contributed by atoms with E-state index in [2.05, 4.69) is 4.98 Å². The van der Waals surface area contributed by atoms with Gasteiger partial charge < -0.3 is 9.15 Å². The highest BCUT2D eigenvalue weighted by molar-refractivity contribution is 5.89. The molecule has 4 aromatic rings. The Labute approximate surface area is 113 Å². The molecule has 1 aromatic carbocycles. The molecule has 0 saturated carbocycles. The molecule has 5 nitrogen and oxygen atoms in total. The summed E-state index contributed by atoms with van der Waals surface area (Å²) in [5.74, 6) is 0.623. The number of rotatable bonds is 1. The van der Waals surface area contributed by atoms with Gasteiger partial charge in [0.05, 0.1) is 12.5 Å². The second-order valence-electron chi connectivity index (χ2n) is 4.49. The molecule has 0 saturated heterocycles. The number of fused-ring (bicyclic) bond motifs is 4. The molecule has 5 heteroatoms. The fourth-order valence-electron chi connectivity index (χ4n) is 2.39. The van der Waals surface area contributed by atoms with Gasteiger partial charge in [0.2, 0.25) is 11.1 Å². The van der Waals surface area contributed by atoms with Gasteiger partial charge in [-0.25, -0.2) is 0 Å². The first-order valence-corrected chi connectivity index (χ1v) is 6.15. The summed E-state index contributed by atoms with van der Waals surface area (Å²) in [7, 11) is 1.57. The second-order valence-corrected chi connectivity index (χ2v) is 4.49. The summed E-state index contributed by atoms with van der Waals surface area (Å²) in [5, 5.41) is 0.488. The van der Waals surface area contributed by atoms with Gasteiger partial charge in [-0.2, -0.15) is 4.98 Å². The van der Waals surface area contributed by atoms with Gasteiger partial charge in [-0.15, -0.1) is 0 Å². The Balaban J connectivity index is 2.26. The van der Waals surface area contributed by atoms with E-state index in [1.165, 1.54) is 0 Å². The number of hydrogen-bond acceptors (Lipinski definition) is 4. The summed E-state index contributed by atoms with van der Waals surface area (Å²) in [6.45, 7) is 0. The molecule has 0 N–H and O–H groups in total. The van der Waals surface area contributed by atoms with Gasteiger partial charge in [-0.1, -0.05) is 6.07 Å². The predicted octanol–water partition coefficient (Wildman–Crippen LogP) is 2.60. The zero-order chi connectivity index (χ0) is 13.7. The highest BCUT2D eigenvalue weighted by Crippen LogP contribution is 2.22. The molecule has 0 amide bonds. The molecule has 0 aliphatic rings. The van der Waals surface area contributed by atoms with Crippen molar-refractivity contribution in [1.29, 1.82) is 0 Å². The fraction of sp³-hybridized carbons (Fsp3) is 0.0667. The van der Waals surface area contributed by atoms with Gasteiger partial charge in [-0.3, -0.25) is 9.20 Å². The molecule has 3 heterocycles. The monoisotopic (exact) mass is 266 g/mol. The normalized spacial score (nSPS) is 11.4. The summed E-state index contributed by atoms with van der Waals surface area (Å²) < 4.78 is 12.6. The number of methoxy groups -OCH3 is 1.